The Morgan fingerprint density at radius 1 is 1.35 bits per heavy atom. The van der Waals surface area contributed by atoms with Crippen LogP contribution in [0.5, 0.6) is 0 Å². The van der Waals surface area contributed by atoms with Crippen LogP contribution in [-0.4, -0.2) is 11.4 Å². The standard InChI is InChI=1S/C14H20FNO/c1-4-14(2,3)16-13(17)10-9-11-7-5-6-8-12(11)15/h5-8H,4,9-10H2,1-3H3,(H,16,17). The van der Waals surface area contributed by atoms with E-state index < -0.39 is 0 Å². The Kier molecular flexibility index (Phi) is 4.67. The molecule has 3 heteroatoms. The summed E-state index contributed by atoms with van der Waals surface area (Å²) in [4.78, 5) is 11.7. The minimum absolute atomic E-state index is 0.0277. The molecule has 1 rings (SSSR count). The smallest absolute Gasteiger partial charge is 0.220 e. The van der Waals surface area contributed by atoms with Gasteiger partial charge < -0.3 is 5.32 Å². The van der Waals surface area contributed by atoms with Crippen LogP contribution in [0.3, 0.4) is 0 Å². The number of benzene rings is 1. The van der Waals surface area contributed by atoms with Gasteiger partial charge in [-0.3, -0.25) is 4.79 Å². The molecule has 0 fully saturated rings. The van der Waals surface area contributed by atoms with E-state index in [0.717, 1.165) is 6.42 Å². The van der Waals surface area contributed by atoms with Gasteiger partial charge in [0.2, 0.25) is 5.91 Å². The second kappa shape index (κ2) is 5.80. The lowest BCUT2D eigenvalue weighted by Crippen LogP contribution is -2.42. The van der Waals surface area contributed by atoms with Gasteiger partial charge in [-0.1, -0.05) is 25.1 Å². The van der Waals surface area contributed by atoms with Gasteiger partial charge in [0.15, 0.2) is 0 Å². The maximum absolute atomic E-state index is 13.3. The molecular formula is C14H20FNO. The van der Waals surface area contributed by atoms with Gasteiger partial charge in [0, 0.05) is 12.0 Å². The predicted octanol–water partition coefficient (Wildman–Crippen LogP) is 3.06. The molecule has 0 aliphatic heterocycles. The first-order valence-electron chi connectivity index (χ1n) is 5.99. The second-order valence-electron chi connectivity index (χ2n) is 4.88. The fourth-order valence-electron chi connectivity index (χ4n) is 1.48. The Bertz CT molecular complexity index is 388. The fourth-order valence-corrected chi connectivity index (χ4v) is 1.48. The molecule has 1 aromatic rings. The van der Waals surface area contributed by atoms with Gasteiger partial charge in [-0.25, -0.2) is 4.39 Å². The highest BCUT2D eigenvalue weighted by Gasteiger charge is 2.17. The maximum Gasteiger partial charge on any atom is 0.220 e. The van der Waals surface area contributed by atoms with Gasteiger partial charge in [0.25, 0.3) is 0 Å². The molecule has 0 bridgehead atoms. The third-order valence-electron chi connectivity index (χ3n) is 2.94. The molecule has 1 N–H and O–H groups in total. The Morgan fingerprint density at radius 2 is 2.00 bits per heavy atom. The Balaban J connectivity index is 2.47. The van der Waals surface area contributed by atoms with Crippen molar-refractivity contribution in [1.29, 1.82) is 0 Å². The second-order valence-corrected chi connectivity index (χ2v) is 4.88. The number of hydrogen-bond donors (Lipinski definition) is 1. The molecule has 17 heavy (non-hydrogen) atoms. The van der Waals surface area contributed by atoms with Crippen molar-refractivity contribution in [3.8, 4) is 0 Å². The molecule has 2 nitrogen and oxygen atoms in total. The number of rotatable bonds is 5. The van der Waals surface area contributed by atoms with Crippen molar-refractivity contribution in [2.24, 2.45) is 0 Å². The molecule has 0 unspecified atom stereocenters. The van der Waals surface area contributed by atoms with Crippen molar-refractivity contribution < 1.29 is 9.18 Å². The van der Waals surface area contributed by atoms with Crippen LogP contribution in [0.4, 0.5) is 4.39 Å². The fraction of sp³-hybridized carbons (Fsp3) is 0.500. The van der Waals surface area contributed by atoms with Crippen LogP contribution in [0.1, 0.15) is 39.2 Å². The van der Waals surface area contributed by atoms with Crippen molar-refractivity contribution in [2.75, 3.05) is 0 Å². The molecule has 0 aliphatic rings. The number of aryl methyl sites for hydroxylation is 1. The van der Waals surface area contributed by atoms with Crippen LogP contribution < -0.4 is 5.32 Å². The Morgan fingerprint density at radius 3 is 2.59 bits per heavy atom. The molecule has 1 aromatic carbocycles. The molecule has 0 radical (unpaired) electrons. The van der Waals surface area contributed by atoms with Crippen molar-refractivity contribution in [2.45, 2.75) is 45.6 Å². The zero-order chi connectivity index (χ0) is 12.9. The van der Waals surface area contributed by atoms with E-state index in [9.17, 15) is 9.18 Å². The van der Waals surface area contributed by atoms with Gasteiger partial charge in [-0.05, 0) is 38.3 Å². The number of carbonyl (C=O) groups excluding carboxylic acids is 1. The Labute approximate surface area is 102 Å². The number of carbonyl (C=O) groups is 1. The summed E-state index contributed by atoms with van der Waals surface area (Å²) in [7, 11) is 0. The monoisotopic (exact) mass is 237 g/mol. The van der Waals surface area contributed by atoms with Crippen molar-refractivity contribution >= 4 is 5.91 Å². The summed E-state index contributed by atoms with van der Waals surface area (Å²) in [6, 6.07) is 6.57. The largest absolute Gasteiger partial charge is 0.351 e. The molecule has 1 amide bonds. The summed E-state index contributed by atoms with van der Waals surface area (Å²) < 4.78 is 13.3. The third-order valence-corrected chi connectivity index (χ3v) is 2.94. The van der Waals surface area contributed by atoms with E-state index in [4.69, 9.17) is 0 Å². The summed E-state index contributed by atoms with van der Waals surface area (Å²) in [5.74, 6) is -0.268. The maximum atomic E-state index is 13.3. The minimum atomic E-state index is -0.241. The van der Waals surface area contributed by atoms with Gasteiger partial charge in [-0.15, -0.1) is 0 Å². The molecule has 0 heterocycles. The molecule has 0 spiro atoms. The highest BCUT2D eigenvalue weighted by atomic mass is 19.1. The number of hydrogen-bond acceptors (Lipinski definition) is 1. The minimum Gasteiger partial charge on any atom is -0.351 e. The van der Waals surface area contributed by atoms with E-state index in [-0.39, 0.29) is 17.3 Å². The van der Waals surface area contributed by atoms with Gasteiger partial charge in [-0.2, -0.15) is 0 Å². The zero-order valence-electron chi connectivity index (χ0n) is 10.7. The summed E-state index contributed by atoms with van der Waals surface area (Å²) in [5.41, 5.74) is 0.406. The molecule has 0 atom stereocenters. The average molecular weight is 237 g/mol. The first-order chi connectivity index (χ1) is 7.94. The topological polar surface area (TPSA) is 29.1 Å². The van der Waals surface area contributed by atoms with E-state index in [1.165, 1.54) is 6.07 Å². The number of halogens is 1. The Hall–Kier alpha value is -1.38. The van der Waals surface area contributed by atoms with Crippen LogP contribution >= 0.6 is 0 Å². The summed E-state index contributed by atoms with van der Waals surface area (Å²) >= 11 is 0. The summed E-state index contributed by atoms with van der Waals surface area (Å²) in [6.07, 6.45) is 1.64. The van der Waals surface area contributed by atoms with E-state index >= 15 is 0 Å². The molecule has 0 saturated heterocycles. The van der Waals surface area contributed by atoms with Crippen LogP contribution in [0, 0.1) is 5.82 Å². The van der Waals surface area contributed by atoms with Crippen LogP contribution in [0.25, 0.3) is 0 Å². The lowest BCUT2D eigenvalue weighted by molar-refractivity contribution is -0.122. The summed E-state index contributed by atoms with van der Waals surface area (Å²) in [5, 5.41) is 2.93. The molecule has 0 saturated carbocycles. The predicted molar refractivity (Wildman–Crippen MR) is 67.2 cm³/mol. The highest BCUT2D eigenvalue weighted by Crippen LogP contribution is 2.11. The van der Waals surface area contributed by atoms with E-state index in [1.807, 2.05) is 20.8 Å². The lowest BCUT2D eigenvalue weighted by Gasteiger charge is -2.24. The first-order valence-corrected chi connectivity index (χ1v) is 5.99. The highest BCUT2D eigenvalue weighted by molar-refractivity contribution is 5.76. The molecule has 0 aromatic heterocycles. The lowest BCUT2D eigenvalue weighted by atomic mass is 10.0. The number of nitrogens with one attached hydrogen (secondary N) is 1. The van der Waals surface area contributed by atoms with Gasteiger partial charge in [0.05, 0.1) is 0 Å². The molecule has 94 valence electrons. The van der Waals surface area contributed by atoms with E-state index in [2.05, 4.69) is 5.32 Å². The SMILES string of the molecule is CCC(C)(C)NC(=O)CCc1ccccc1F. The zero-order valence-corrected chi connectivity index (χ0v) is 10.7. The summed E-state index contributed by atoms with van der Waals surface area (Å²) in [6.45, 7) is 5.99. The molecule has 0 aliphatic carbocycles. The van der Waals surface area contributed by atoms with Crippen LogP contribution in [-0.2, 0) is 11.2 Å². The van der Waals surface area contributed by atoms with E-state index in [0.29, 0.717) is 18.4 Å². The first kappa shape index (κ1) is 13.7. The van der Waals surface area contributed by atoms with Crippen molar-refractivity contribution in [3.63, 3.8) is 0 Å². The van der Waals surface area contributed by atoms with Crippen LogP contribution in [0.2, 0.25) is 0 Å². The van der Waals surface area contributed by atoms with Gasteiger partial charge in [0.1, 0.15) is 5.82 Å². The van der Waals surface area contributed by atoms with Crippen molar-refractivity contribution in [1.82, 2.24) is 5.32 Å². The average Bonchev–Trinajstić information content (AvgIpc) is 2.27. The van der Waals surface area contributed by atoms with E-state index in [1.54, 1.807) is 18.2 Å². The van der Waals surface area contributed by atoms with Gasteiger partial charge >= 0.3 is 0 Å². The number of amides is 1. The third kappa shape index (κ3) is 4.55. The van der Waals surface area contributed by atoms with Crippen molar-refractivity contribution in [3.05, 3.63) is 35.6 Å². The normalized spacial score (nSPS) is 11.3. The molecular weight excluding hydrogens is 217 g/mol. The van der Waals surface area contributed by atoms with Crippen LogP contribution in [0.15, 0.2) is 24.3 Å². The quantitative estimate of drug-likeness (QED) is 0.837.